The van der Waals surface area contributed by atoms with Crippen LogP contribution in [-0.4, -0.2) is 60.6 Å². The molecule has 10 nitrogen and oxygen atoms in total. The highest BCUT2D eigenvalue weighted by molar-refractivity contribution is 5.97. The quantitative estimate of drug-likeness (QED) is 0.0603. The van der Waals surface area contributed by atoms with Gasteiger partial charge in [-0.15, -0.1) is 0 Å². The number of hydrogen-bond acceptors (Lipinski definition) is 7. The Hall–Kier alpha value is -5.64. The van der Waals surface area contributed by atoms with Crippen LogP contribution in [0, 0.1) is 0 Å². The summed E-state index contributed by atoms with van der Waals surface area (Å²) in [4.78, 5) is 51.3. The van der Waals surface area contributed by atoms with E-state index in [1.807, 2.05) is 12.1 Å². The second-order valence-electron chi connectivity index (χ2n) is 11.8. The maximum Gasteiger partial charge on any atom is 0.343 e. The number of carbonyl (C=O) groups is 4. The molecule has 0 aliphatic heterocycles. The average molecular weight is 681 g/mol. The molecular weight excluding hydrogens is 636 g/mol. The lowest BCUT2D eigenvalue weighted by molar-refractivity contribution is -0.137. The van der Waals surface area contributed by atoms with Crippen LogP contribution in [-0.2, 0) is 22.4 Å². The molecule has 4 rings (SSSR count). The minimum absolute atomic E-state index is 0.151. The van der Waals surface area contributed by atoms with Crippen LogP contribution in [0.1, 0.15) is 70.9 Å². The molecular formula is C40H44N2O8. The highest BCUT2D eigenvalue weighted by atomic mass is 16.5. The highest BCUT2D eigenvalue weighted by Crippen LogP contribution is 2.19. The van der Waals surface area contributed by atoms with Crippen molar-refractivity contribution < 1.29 is 38.5 Å². The van der Waals surface area contributed by atoms with Crippen LogP contribution < -0.4 is 19.5 Å². The van der Waals surface area contributed by atoms with Gasteiger partial charge in [-0.1, -0.05) is 56.9 Å². The van der Waals surface area contributed by atoms with E-state index in [0.29, 0.717) is 47.1 Å². The van der Waals surface area contributed by atoms with Gasteiger partial charge in [0.25, 0.3) is 5.91 Å². The van der Waals surface area contributed by atoms with Crippen molar-refractivity contribution >= 4 is 29.4 Å². The molecule has 0 saturated heterocycles. The number of ether oxygens (including phenoxy) is 3. The van der Waals surface area contributed by atoms with Gasteiger partial charge in [-0.3, -0.25) is 14.4 Å². The normalized spacial score (nSPS) is 10.6. The van der Waals surface area contributed by atoms with Crippen LogP contribution in [0.2, 0.25) is 0 Å². The van der Waals surface area contributed by atoms with Crippen molar-refractivity contribution in [3.63, 3.8) is 0 Å². The second kappa shape index (κ2) is 19.4. The van der Waals surface area contributed by atoms with Crippen LogP contribution >= 0.6 is 0 Å². The van der Waals surface area contributed by atoms with E-state index in [1.54, 1.807) is 92.0 Å². The minimum atomic E-state index is -1.13. The number of nitrogens with one attached hydrogen (secondary N) is 1. The van der Waals surface area contributed by atoms with E-state index in [0.717, 1.165) is 24.0 Å². The largest absolute Gasteiger partial charge is 0.497 e. The van der Waals surface area contributed by atoms with Crippen molar-refractivity contribution in [2.45, 2.75) is 51.9 Å². The summed E-state index contributed by atoms with van der Waals surface area (Å²) in [7, 11) is 1.58. The molecule has 0 spiro atoms. The Morgan fingerprint density at radius 2 is 1.30 bits per heavy atom. The maximum atomic E-state index is 13.3. The van der Waals surface area contributed by atoms with Crippen LogP contribution in [0.15, 0.2) is 97.1 Å². The zero-order valence-corrected chi connectivity index (χ0v) is 28.6. The Kier molecular flexibility index (Phi) is 14.4. The number of carboxylic acid groups (broad SMARTS) is 1. The van der Waals surface area contributed by atoms with Crippen LogP contribution in [0.4, 0.5) is 5.69 Å². The lowest BCUT2D eigenvalue weighted by atomic mass is 10.1. The fourth-order valence-electron chi connectivity index (χ4n) is 5.17. The Bertz CT molecular complexity index is 1690. The Morgan fingerprint density at radius 3 is 1.94 bits per heavy atom. The Morgan fingerprint density at radius 1 is 0.700 bits per heavy atom. The summed E-state index contributed by atoms with van der Waals surface area (Å²) in [5, 5.41) is 12.3. The molecule has 4 aromatic carbocycles. The van der Waals surface area contributed by atoms with Crippen LogP contribution in [0.5, 0.6) is 17.2 Å². The number of unbranched alkanes of at least 4 members (excludes halogenated alkanes) is 4. The van der Waals surface area contributed by atoms with Crippen molar-refractivity contribution in [3.8, 4) is 17.2 Å². The number of carboxylic acids is 1. The molecule has 0 saturated carbocycles. The first kappa shape index (κ1) is 37.2. The molecule has 0 fully saturated rings. The summed E-state index contributed by atoms with van der Waals surface area (Å²) >= 11 is 0. The minimum Gasteiger partial charge on any atom is -0.497 e. The third-order valence-corrected chi connectivity index (χ3v) is 7.96. The van der Waals surface area contributed by atoms with Gasteiger partial charge in [0.15, 0.2) is 0 Å². The number of rotatable bonds is 19. The maximum absolute atomic E-state index is 13.3. The van der Waals surface area contributed by atoms with Crippen molar-refractivity contribution in [2.24, 2.45) is 0 Å². The first-order valence-electron chi connectivity index (χ1n) is 16.8. The van der Waals surface area contributed by atoms with E-state index in [1.165, 1.54) is 24.2 Å². The van der Waals surface area contributed by atoms with Crippen molar-refractivity contribution in [1.29, 1.82) is 0 Å². The number of carbonyl (C=O) groups excluding carboxylic acids is 3. The predicted octanol–water partition coefficient (Wildman–Crippen LogP) is 7.21. The van der Waals surface area contributed by atoms with Gasteiger partial charge in [-0.25, -0.2) is 4.79 Å². The standard InChI is InChI=1S/C40H44N2O8/c1-3-4-5-6-7-26-49-35-22-14-32(15-23-35)40(47)50-36-20-8-29(9-21-36)24-25-42(28-38(44)45)39(46)31-12-16-33(17-13-31)41-37(43)27-30-10-18-34(48-2)19-11-30/h8-23H,3-7,24-28H2,1-2H3,(H,41,43)(H,44,45). The Balaban J connectivity index is 1.25. The SMILES string of the molecule is CCCCCCCOc1ccc(C(=O)Oc2ccc(CCN(CC(=O)O)C(=O)c3ccc(NC(=O)Cc4ccc(OC)cc4)cc3)cc2)cc1. The molecule has 0 bridgehead atoms. The summed E-state index contributed by atoms with van der Waals surface area (Å²) in [5.74, 6) is -0.521. The number of methoxy groups -OCH3 is 1. The fraction of sp³-hybridized carbons (Fsp3) is 0.300. The molecule has 0 radical (unpaired) electrons. The molecule has 0 unspecified atom stereocenters. The molecule has 4 aromatic rings. The molecule has 10 heteroatoms. The summed E-state index contributed by atoms with van der Waals surface area (Å²) < 4.78 is 16.4. The molecule has 0 aliphatic carbocycles. The lowest BCUT2D eigenvalue weighted by Gasteiger charge is -2.21. The third kappa shape index (κ3) is 12.1. The smallest absolute Gasteiger partial charge is 0.343 e. The molecule has 2 N–H and O–H groups in total. The van der Waals surface area contributed by atoms with Gasteiger partial charge in [0.1, 0.15) is 23.8 Å². The third-order valence-electron chi connectivity index (χ3n) is 7.96. The van der Waals surface area contributed by atoms with Gasteiger partial charge in [-0.2, -0.15) is 0 Å². The lowest BCUT2D eigenvalue weighted by Crippen LogP contribution is -2.37. The number of hydrogen-bond donors (Lipinski definition) is 2. The van der Waals surface area contributed by atoms with E-state index in [9.17, 15) is 24.3 Å². The summed E-state index contributed by atoms with van der Waals surface area (Å²) in [6.45, 7) is 2.50. The van der Waals surface area contributed by atoms with Gasteiger partial charge in [0, 0.05) is 17.8 Å². The van der Waals surface area contributed by atoms with E-state index in [4.69, 9.17) is 14.2 Å². The summed E-state index contributed by atoms with van der Waals surface area (Å²) in [6, 6.07) is 27.2. The molecule has 262 valence electrons. The molecule has 50 heavy (non-hydrogen) atoms. The molecule has 0 aliphatic rings. The number of amides is 2. The molecule has 2 amide bonds. The topological polar surface area (TPSA) is 131 Å². The van der Waals surface area contributed by atoms with E-state index in [-0.39, 0.29) is 18.9 Å². The summed E-state index contributed by atoms with van der Waals surface area (Å²) in [5.41, 5.74) is 2.87. The van der Waals surface area contributed by atoms with Gasteiger partial charge in [0.2, 0.25) is 5.91 Å². The highest BCUT2D eigenvalue weighted by Gasteiger charge is 2.19. The van der Waals surface area contributed by atoms with Crippen molar-refractivity contribution in [2.75, 3.05) is 32.1 Å². The average Bonchev–Trinajstić information content (AvgIpc) is 3.12. The van der Waals surface area contributed by atoms with Crippen molar-refractivity contribution in [3.05, 3.63) is 119 Å². The van der Waals surface area contributed by atoms with E-state index < -0.39 is 24.4 Å². The number of benzene rings is 4. The summed E-state index contributed by atoms with van der Waals surface area (Å²) in [6.07, 6.45) is 6.34. The molecule has 0 atom stereocenters. The fourth-order valence-corrected chi connectivity index (χ4v) is 5.17. The molecule has 0 aromatic heterocycles. The molecule has 0 heterocycles. The number of esters is 1. The van der Waals surface area contributed by atoms with Gasteiger partial charge >= 0.3 is 11.9 Å². The number of aliphatic carboxylic acids is 1. The van der Waals surface area contributed by atoms with Crippen molar-refractivity contribution in [1.82, 2.24) is 4.90 Å². The number of anilines is 1. The van der Waals surface area contributed by atoms with E-state index in [2.05, 4.69) is 12.2 Å². The van der Waals surface area contributed by atoms with Gasteiger partial charge in [-0.05, 0) is 96.8 Å². The zero-order valence-electron chi connectivity index (χ0n) is 28.6. The monoisotopic (exact) mass is 680 g/mol. The van der Waals surface area contributed by atoms with Crippen LogP contribution in [0.25, 0.3) is 0 Å². The predicted molar refractivity (Wildman–Crippen MR) is 191 cm³/mol. The number of nitrogens with zero attached hydrogens (tertiary/aromatic N) is 1. The zero-order chi connectivity index (χ0) is 35.7. The first-order chi connectivity index (χ1) is 24.2. The van der Waals surface area contributed by atoms with E-state index >= 15 is 0 Å². The van der Waals surface area contributed by atoms with Gasteiger partial charge in [0.05, 0.1) is 25.7 Å². The van der Waals surface area contributed by atoms with Crippen LogP contribution in [0.3, 0.4) is 0 Å². The van der Waals surface area contributed by atoms with Gasteiger partial charge < -0.3 is 29.5 Å². The first-order valence-corrected chi connectivity index (χ1v) is 16.8. The second-order valence-corrected chi connectivity index (χ2v) is 11.8. The Labute approximate surface area is 293 Å².